The molecule has 0 saturated heterocycles. The number of aromatic nitrogens is 3. The Bertz CT molecular complexity index is 318. The third kappa shape index (κ3) is 1.78. The summed E-state index contributed by atoms with van der Waals surface area (Å²) in [4.78, 5) is 23.0. The zero-order valence-electron chi connectivity index (χ0n) is 6.16. The molecule has 0 aliphatic rings. The van der Waals surface area contributed by atoms with Gasteiger partial charge in [-0.15, -0.1) is 10.2 Å². The molecule has 0 aromatic carbocycles. The molecule has 1 aromatic rings. The second kappa shape index (κ2) is 2.99. The van der Waals surface area contributed by atoms with Crippen LogP contribution in [-0.4, -0.2) is 32.2 Å². The van der Waals surface area contributed by atoms with Crippen LogP contribution in [-0.2, 0) is 4.79 Å². The van der Waals surface area contributed by atoms with Crippen LogP contribution in [0.2, 0.25) is 0 Å². The van der Waals surface area contributed by atoms with E-state index < -0.39 is 5.97 Å². The number of anilines is 1. The highest BCUT2D eigenvalue weighted by atomic mass is 16.4. The van der Waals surface area contributed by atoms with E-state index in [4.69, 9.17) is 5.11 Å². The first-order valence-corrected chi connectivity index (χ1v) is 3.03. The number of nitrogens with one attached hydrogen (secondary N) is 2. The van der Waals surface area contributed by atoms with Gasteiger partial charge in [-0.2, -0.15) is 0 Å². The molecule has 0 atom stereocenters. The third-order valence-electron chi connectivity index (χ3n) is 0.984. The van der Waals surface area contributed by atoms with Crippen LogP contribution >= 0.6 is 0 Å². The fraction of sp³-hybridized carbons (Fsp3) is 0.200. The summed E-state index contributed by atoms with van der Waals surface area (Å²) in [6, 6.07) is 0. The lowest BCUT2D eigenvalue weighted by Gasteiger charge is -1.91. The number of carboxylic acid groups (broad SMARTS) is 1. The van der Waals surface area contributed by atoms with Crippen molar-refractivity contribution in [3.05, 3.63) is 5.82 Å². The van der Waals surface area contributed by atoms with Gasteiger partial charge in [0.2, 0.25) is 17.7 Å². The number of carboxylic acids is 1. The summed E-state index contributed by atoms with van der Waals surface area (Å²) in [6.45, 7) is 1.28. The van der Waals surface area contributed by atoms with Crippen LogP contribution in [0.5, 0.6) is 0 Å². The van der Waals surface area contributed by atoms with Crippen molar-refractivity contribution in [3.8, 4) is 0 Å². The van der Waals surface area contributed by atoms with Gasteiger partial charge >= 0.3 is 5.97 Å². The number of aromatic amines is 1. The number of hydrogen-bond acceptors (Lipinski definition) is 4. The average Bonchev–Trinajstić information content (AvgIpc) is 2.34. The van der Waals surface area contributed by atoms with Gasteiger partial charge in [0, 0.05) is 6.92 Å². The minimum Gasteiger partial charge on any atom is -0.475 e. The summed E-state index contributed by atoms with van der Waals surface area (Å²) >= 11 is 0. The first kappa shape index (κ1) is 8.18. The molecule has 0 saturated carbocycles. The van der Waals surface area contributed by atoms with Crippen LogP contribution in [0.25, 0.3) is 0 Å². The van der Waals surface area contributed by atoms with Gasteiger partial charge in [0.25, 0.3) is 0 Å². The third-order valence-corrected chi connectivity index (χ3v) is 0.984. The quantitative estimate of drug-likeness (QED) is 0.552. The molecule has 3 N–H and O–H groups in total. The molecular formula is C5H6N4O3. The SMILES string of the molecule is CC(=O)Nc1nnc(C(=O)O)[nH]1. The monoisotopic (exact) mass is 170 g/mol. The maximum atomic E-state index is 10.4. The predicted molar refractivity (Wildman–Crippen MR) is 37.6 cm³/mol. The van der Waals surface area contributed by atoms with Gasteiger partial charge in [-0.1, -0.05) is 0 Å². The molecule has 0 radical (unpaired) electrons. The second-order valence-corrected chi connectivity index (χ2v) is 2.01. The summed E-state index contributed by atoms with van der Waals surface area (Å²) in [6.07, 6.45) is 0. The van der Waals surface area contributed by atoms with E-state index >= 15 is 0 Å². The number of nitrogens with zero attached hydrogens (tertiary/aromatic N) is 2. The fourth-order valence-corrected chi connectivity index (χ4v) is 0.581. The summed E-state index contributed by atoms with van der Waals surface area (Å²) < 4.78 is 0. The zero-order valence-corrected chi connectivity index (χ0v) is 6.16. The molecule has 7 nitrogen and oxygen atoms in total. The van der Waals surface area contributed by atoms with E-state index in [2.05, 4.69) is 20.5 Å². The minimum atomic E-state index is -1.22. The van der Waals surface area contributed by atoms with E-state index in [-0.39, 0.29) is 17.7 Å². The lowest BCUT2D eigenvalue weighted by molar-refractivity contribution is -0.114. The lowest BCUT2D eigenvalue weighted by Crippen LogP contribution is -2.07. The van der Waals surface area contributed by atoms with Gasteiger partial charge < -0.3 is 10.1 Å². The number of carbonyl (C=O) groups is 2. The zero-order chi connectivity index (χ0) is 9.14. The Kier molecular flexibility index (Phi) is 2.04. The van der Waals surface area contributed by atoms with Crippen LogP contribution in [0.4, 0.5) is 5.95 Å². The van der Waals surface area contributed by atoms with E-state index in [0.717, 1.165) is 0 Å². The smallest absolute Gasteiger partial charge is 0.373 e. The summed E-state index contributed by atoms with van der Waals surface area (Å²) in [5.74, 6) is -1.85. The molecule has 64 valence electrons. The molecule has 12 heavy (non-hydrogen) atoms. The highest BCUT2D eigenvalue weighted by Gasteiger charge is 2.09. The maximum Gasteiger partial charge on any atom is 0.373 e. The Hall–Kier alpha value is -1.92. The molecular weight excluding hydrogens is 164 g/mol. The van der Waals surface area contributed by atoms with Crippen LogP contribution in [0.1, 0.15) is 17.5 Å². The van der Waals surface area contributed by atoms with E-state index in [1.807, 2.05) is 0 Å². The predicted octanol–water partition coefficient (Wildman–Crippen LogP) is -0.539. The molecule has 0 spiro atoms. The Morgan fingerprint density at radius 2 is 2.17 bits per heavy atom. The average molecular weight is 170 g/mol. The minimum absolute atomic E-state index is 0.0277. The van der Waals surface area contributed by atoms with E-state index in [9.17, 15) is 9.59 Å². The largest absolute Gasteiger partial charge is 0.475 e. The fourth-order valence-electron chi connectivity index (χ4n) is 0.581. The summed E-state index contributed by atoms with van der Waals surface area (Å²) in [7, 11) is 0. The van der Waals surface area contributed by atoms with Crippen molar-refractivity contribution in [3.63, 3.8) is 0 Å². The van der Waals surface area contributed by atoms with Gasteiger partial charge in [0.05, 0.1) is 0 Å². The van der Waals surface area contributed by atoms with E-state index in [1.54, 1.807) is 0 Å². The maximum absolute atomic E-state index is 10.4. The van der Waals surface area contributed by atoms with Gasteiger partial charge in [-0.05, 0) is 0 Å². The molecule has 1 amide bonds. The van der Waals surface area contributed by atoms with Crippen LogP contribution in [0.3, 0.4) is 0 Å². The van der Waals surface area contributed by atoms with Crippen LogP contribution in [0.15, 0.2) is 0 Å². The molecule has 0 aliphatic heterocycles. The van der Waals surface area contributed by atoms with Crippen molar-refractivity contribution in [2.24, 2.45) is 0 Å². The van der Waals surface area contributed by atoms with Crippen molar-refractivity contribution in [1.82, 2.24) is 15.2 Å². The normalized spacial score (nSPS) is 9.42. The number of H-pyrrole nitrogens is 1. The Morgan fingerprint density at radius 3 is 2.58 bits per heavy atom. The molecule has 7 heteroatoms. The summed E-state index contributed by atoms with van der Waals surface area (Å²) in [5, 5.41) is 17.2. The molecule has 0 unspecified atom stereocenters. The first-order chi connectivity index (χ1) is 5.59. The van der Waals surface area contributed by atoms with E-state index in [1.165, 1.54) is 6.92 Å². The molecule has 0 aliphatic carbocycles. The molecule has 1 heterocycles. The lowest BCUT2D eigenvalue weighted by atomic mass is 10.6. The van der Waals surface area contributed by atoms with Crippen molar-refractivity contribution in [2.45, 2.75) is 6.92 Å². The van der Waals surface area contributed by atoms with E-state index in [0.29, 0.717) is 0 Å². The molecule has 0 bridgehead atoms. The Labute approximate surface area is 66.8 Å². The van der Waals surface area contributed by atoms with Gasteiger partial charge in [0.1, 0.15) is 0 Å². The van der Waals surface area contributed by atoms with Crippen molar-refractivity contribution < 1.29 is 14.7 Å². The van der Waals surface area contributed by atoms with Crippen LogP contribution in [0, 0.1) is 0 Å². The standard InChI is InChI=1S/C5H6N4O3/c1-2(10)6-5-7-3(4(11)12)8-9-5/h1H3,(H,11,12)(H2,6,7,8,9,10). The van der Waals surface area contributed by atoms with Gasteiger partial charge in [-0.25, -0.2) is 4.79 Å². The Morgan fingerprint density at radius 1 is 1.50 bits per heavy atom. The van der Waals surface area contributed by atoms with Crippen molar-refractivity contribution >= 4 is 17.8 Å². The topological polar surface area (TPSA) is 108 Å². The Balaban J connectivity index is 2.77. The molecule has 1 aromatic heterocycles. The number of carbonyl (C=O) groups excluding carboxylic acids is 1. The number of aromatic carboxylic acids is 1. The van der Waals surface area contributed by atoms with Crippen molar-refractivity contribution in [2.75, 3.05) is 5.32 Å². The number of hydrogen-bond donors (Lipinski definition) is 3. The molecule has 1 rings (SSSR count). The van der Waals surface area contributed by atoms with Crippen LogP contribution < -0.4 is 5.32 Å². The first-order valence-electron chi connectivity index (χ1n) is 3.03. The molecule has 0 fully saturated rings. The van der Waals surface area contributed by atoms with Crippen molar-refractivity contribution in [1.29, 1.82) is 0 Å². The van der Waals surface area contributed by atoms with Gasteiger partial charge in [-0.3, -0.25) is 10.1 Å². The highest BCUT2D eigenvalue weighted by molar-refractivity contribution is 5.88. The summed E-state index contributed by atoms with van der Waals surface area (Å²) in [5.41, 5.74) is 0. The second-order valence-electron chi connectivity index (χ2n) is 2.01. The van der Waals surface area contributed by atoms with Gasteiger partial charge in [0.15, 0.2) is 0 Å². The highest BCUT2D eigenvalue weighted by Crippen LogP contribution is 1.97. The number of amides is 1. The number of rotatable bonds is 2.